The molecule has 0 N–H and O–H groups in total. The molecule has 0 aromatic heterocycles. The minimum Gasteiger partial charge on any atom is -0.294 e. The lowest BCUT2D eigenvalue weighted by atomic mass is 9.57. The predicted molar refractivity (Wildman–Crippen MR) is 46.3 cm³/mol. The van der Waals surface area contributed by atoms with Gasteiger partial charge in [-0.1, -0.05) is 26.3 Å². The molecule has 1 rings (SSSR count). The van der Waals surface area contributed by atoms with Crippen LogP contribution in [0, 0.1) is 11.3 Å². The van der Waals surface area contributed by atoms with Gasteiger partial charge in [0.25, 0.3) is 0 Å². The summed E-state index contributed by atoms with van der Waals surface area (Å²) in [6.45, 7) is 10.3. The van der Waals surface area contributed by atoms with Crippen LogP contribution in [0.15, 0.2) is 11.1 Å². The number of allylic oxidation sites excluding steroid dienone is 2. The van der Waals surface area contributed by atoms with Gasteiger partial charge < -0.3 is 0 Å². The van der Waals surface area contributed by atoms with Crippen LogP contribution in [0.3, 0.4) is 0 Å². The van der Waals surface area contributed by atoms with Crippen LogP contribution in [0.2, 0.25) is 0 Å². The van der Waals surface area contributed by atoms with Gasteiger partial charge in [0, 0.05) is 16.9 Å². The van der Waals surface area contributed by atoms with E-state index in [0.717, 1.165) is 5.57 Å². The van der Waals surface area contributed by atoms with E-state index in [0.29, 0.717) is 5.78 Å². The number of carbonyl (C=O) groups excluding carboxylic acids is 1. The Labute approximate surface area is 68.5 Å². The maximum Gasteiger partial charge on any atom is 0.163 e. The molecule has 1 aliphatic rings. The second-order valence-corrected chi connectivity index (χ2v) is 4.18. The van der Waals surface area contributed by atoms with Gasteiger partial charge in [-0.2, -0.15) is 0 Å². The Hall–Kier alpha value is -0.590. The minimum atomic E-state index is 0.121. The van der Waals surface area contributed by atoms with Crippen molar-refractivity contribution in [2.75, 3.05) is 0 Å². The average molecular weight is 152 g/mol. The van der Waals surface area contributed by atoms with Crippen molar-refractivity contribution in [2.24, 2.45) is 11.3 Å². The molecule has 0 saturated heterocycles. The molecule has 1 saturated carbocycles. The molecule has 0 aromatic carbocycles. The largest absolute Gasteiger partial charge is 0.294 e. The van der Waals surface area contributed by atoms with E-state index in [2.05, 4.69) is 13.8 Å². The highest BCUT2D eigenvalue weighted by molar-refractivity contribution is 6.06. The molecule has 0 radical (unpaired) electrons. The van der Waals surface area contributed by atoms with E-state index in [9.17, 15) is 4.79 Å². The Morgan fingerprint density at radius 1 is 1.36 bits per heavy atom. The summed E-state index contributed by atoms with van der Waals surface area (Å²) < 4.78 is 0. The van der Waals surface area contributed by atoms with Crippen molar-refractivity contribution in [1.29, 1.82) is 0 Å². The van der Waals surface area contributed by atoms with Crippen molar-refractivity contribution in [3.05, 3.63) is 11.1 Å². The Morgan fingerprint density at radius 3 is 2.00 bits per heavy atom. The summed E-state index contributed by atoms with van der Waals surface area (Å²) in [5, 5.41) is 0. The zero-order valence-electron chi connectivity index (χ0n) is 7.99. The Morgan fingerprint density at radius 2 is 1.82 bits per heavy atom. The van der Waals surface area contributed by atoms with Crippen molar-refractivity contribution in [1.82, 2.24) is 0 Å². The highest BCUT2D eigenvalue weighted by atomic mass is 16.1. The summed E-state index contributed by atoms with van der Waals surface area (Å²) in [6, 6.07) is 0. The topological polar surface area (TPSA) is 17.1 Å². The van der Waals surface area contributed by atoms with E-state index < -0.39 is 0 Å². The zero-order valence-corrected chi connectivity index (χ0v) is 7.99. The molecule has 0 bridgehead atoms. The molecule has 0 aromatic rings. The van der Waals surface area contributed by atoms with Crippen molar-refractivity contribution in [3.8, 4) is 0 Å². The highest BCUT2D eigenvalue weighted by Gasteiger charge is 2.48. The van der Waals surface area contributed by atoms with Gasteiger partial charge in [-0.05, 0) is 13.8 Å². The minimum absolute atomic E-state index is 0.121. The van der Waals surface area contributed by atoms with Gasteiger partial charge >= 0.3 is 0 Å². The first-order valence-electron chi connectivity index (χ1n) is 4.11. The fraction of sp³-hybridized carbons (Fsp3) is 0.700. The van der Waals surface area contributed by atoms with E-state index in [1.165, 1.54) is 5.57 Å². The zero-order chi connectivity index (χ0) is 8.81. The van der Waals surface area contributed by atoms with Gasteiger partial charge in [-0.15, -0.1) is 0 Å². The van der Waals surface area contributed by atoms with Crippen molar-refractivity contribution < 1.29 is 4.79 Å². The fourth-order valence-corrected chi connectivity index (χ4v) is 1.89. The number of hydrogen-bond donors (Lipinski definition) is 0. The molecule has 0 amide bonds. The van der Waals surface area contributed by atoms with Gasteiger partial charge in [0.05, 0.1) is 0 Å². The van der Waals surface area contributed by atoms with Gasteiger partial charge in [-0.25, -0.2) is 0 Å². The Kier molecular flexibility index (Phi) is 1.70. The van der Waals surface area contributed by atoms with E-state index >= 15 is 0 Å². The maximum atomic E-state index is 11.4. The molecule has 0 heterocycles. The molecule has 1 unspecified atom stereocenters. The summed E-state index contributed by atoms with van der Waals surface area (Å²) in [4.78, 5) is 11.4. The predicted octanol–water partition coefficient (Wildman–Crippen LogP) is 2.57. The van der Waals surface area contributed by atoms with E-state index in [1.54, 1.807) is 0 Å². The van der Waals surface area contributed by atoms with Crippen LogP contribution in [-0.4, -0.2) is 5.78 Å². The quantitative estimate of drug-likeness (QED) is 0.487. The van der Waals surface area contributed by atoms with E-state index in [1.807, 2.05) is 20.8 Å². The van der Waals surface area contributed by atoms with Crippen LogP contribution in [0.1, 0.15) is 34.6 Å². The van der Waals surface area contributed by atoms with Crippen molar-refractivity contribution >= 4 is 5.78 Å². The van der Waals surface area contributed by atoms with Crippen LogP contribution in [0.25, 0.3) is 0 Å². The number of Topliss-reactive ketones (excluding diaryl/α,β-unsaturated/α-hetero) is 1. The first-order chi connectivity index (χ1) is 4.89. The van der Waals surface area contributed by atoms with Crippen molar-refractivity contribution in [2.45, 2.75) is 34.6 Å². The van der Waals surface area contributed by atoms with Crippen LogP contribution in [0.5, 0.6) is 0 Å². The fourth-order valence-electron chi connectivity index (χ4n) is 1.89. The number of hydrogen-bond acceptors (Lipinski definition) is 1. The number of carbonyl (C=O) groups is 1. The molecular weight excluding hydrogens is 136 g/mol. The normalized spacial score (nSPS) is 28.3. The van der Waals surface area contributed by atoms with Crippen molar-refractivity contribution in [3.63, 3.8) is 0 Å². The standard InChI is InChI=1S/C10H16O/c1-6(2)8-9(11)7(3)10(8,4)5/h7H,1-5H3. The van der Waals surface area contributed by atoms with Gasteiger partial charge in [-0.3, -0.25) is 4.79 Å². The SMILES string of the molecule is CC(C)=C1C(=O)C(C)C1(C)C. The van der Waals surface area contributed by atoms with Crippen LogP contribution in [-0.2, 0) is 4.79 Å². The molecule has 1 aliphatic carbocycles. The highest BCUT2D eigenvalue weighted by Crippen LogP contribution is 2.48. The molecule has 0 aliphatic heterocycles. The molecular formula is C10H16O. The molecule has 1 heteroatoms. The third kappa shape index (κ3) is 0.943. The lowest BCUT2D eigenvalue weighted by molar-refractivity contribution is -0.129. The first kappa shape index (κ1) is 8.51. The molecule has 62 valence electrons. The van der Waals surface area contributed by atoms with Crippen LogP contribution >= 0.6 is 0 Å². The summed E-state index contributed by atoms with van der Waals surface area (Å²) >= 11 is 0. The summed E-state index contributed by atoms with van der Waals surface area (Å²) in [6.07, 6.45) is 0. The summed E-state index contributed by atoms with van der Waals surface area (Å²) in [5.74, 6) is 0.558. The second-order valence-electron chi connectivity index (χ2n) is 4.18. The summed E-state index contributed by atoms with van der Waals surface area (Å²) in [5.41, 5.74) is 2.35. The monoisotopic (exact) mass is 152 g/mol. The lowest BCUT2D eigenvalue weighted by Crippen LogP contribution is -2.46. The second kappa shape index (κ2) is 2.20. The molecule has 11 heavy (non-hydrogen) atoms. The molecule has 1 fully saturated rings. The third-order valence-corrected chi connectivity index (χ3v) is 2.87. The summed E-state index contributed by atoms with van der Waals surface area (Å²) in [7, 11) is 0. The maximum absolute atomic E-state index is 11.4. The molecule has 0 spiro atoms. The van der Waals surface area contributed by atoms with Crippen LogP contribution in [0.4, 0.5) is 0 Å². The number of rotatable bonds is 0. The van der Waals surface area contributed by atoms with Crippen LogP contribution < -0.4 is 0 Å². The third-order valence-electron chi connectivity index (χ3n) is 2.87. The smallest absolute Gasteiger partial charge is 0.163 e. The Bertz CT molecular complexity index is 229. The Balaban J connectivity index is 3.05. The lowest BCUT2D eigenvalue weighted by Gasteiger charge is -2.44. The van der Waals surface area contributed by atoms with E-state index in [4.69, 9.17) is 0 Å². The van der Waals surface area contributed by atoms with Gasteiger partial charge in [0.1, 0.15) is 0 Å². The number of ketones is 1. The van der Waals surface area contributed by atoms with Gasteiger partial charge in [0.15, 0.2) is 5.78 Å². The average Bonchev–Trinajstić information content (AvgIpc) is 1.85. The van der Waals surface area contributed by atoms with Gasteiger partial charge in [0.2, 0.25) is 0 Å². The molecule has 1 nitrogen and oxygen atoms in total. The van der Waals surface area contributed by atoms with E-state index in [-0.39, 0.29) is 11.3 Å². The first-order valence-corrected chi connectivity index (χ1v) is 4.11. The molecule has 1 atom stereocenters.